The first-order valence-corrected chi connectivity index (χ1v) is 9.86. The van der Waals surface area contributed by atoms with Crippen LogP contribution < -0.4 is 10.6 Å². The van der Waals surface area contributed by atoms with Gasteiger partial charge in [-0.05, 0) is 42.3 Å². The first kappa shape index (κ1) is 20.9. The molecule has 0 aliphatic carbocycles. The summed E-state index contributed by atoms with van der Waals surface area (Å²) in [6.07, 6.45) is 0.0612. The minimum atomic E-state index is -0.513. The van der Waals surface area contributed by atoms with Crippen molar-refractivity contribution in [3.05, 3.63) is 99.5 Å². The summed E-state index contributed by atoms with van der Waals surface area (Å²) in [5.41, 5.74) is 2.72. The Morgan fingerprint density at radius 2 is 1.59 bits per heavy atom. The molecule has 148 valence electrons. The van der Waals surface area contributed by atoms with Crippen LogP contribution in [0.25, 0.3) is 0 Å². The lowest BCUT2D eigenvalue weighted by molar-refractivity contribution is -0.116. The average Bonchev–Trinajstić information content (AvgIpc) is 2.71. The molecule has 0 aliphatic heterocycles. The minimum absolute atomic E-state index is 0.0612. The molecular formula is C23H20Cl2N2O2. The lowest BCUT2D eigenvalue weighted by Gasteiger charge is -2.19. The van der Waals surface area contributed by atoms with Crippen molar-refractivity contribution in [1.29, 1.82) is 0 Å². The van der Waals surface area contributed by atoms with Crippen LogP contribution in [0.1, 0.15) is 33.9 Å². The van der Waals surface area contributed by atoms with Crippen LogP contribution in [0, 0.1) is 6.92 Å². The van der Waals surface area contributed by atoms with Gasteiger partial charge in [-0.3, -0.25) is 9.59 Å². The SMILES string of the molecule is Cc1ccc(NC(=O)C[C@H](NC(=O)c2ccccc2Cl)c2ccccc2)cc1Cl. The van der Waals surface area contributed by atoms with Gasteiger partial charge in [0.1, 0.15) is 0 Å². The number of hydrogen-bond acceptors (Lipinski definition) is 2. The van der Waals surface area contributed by atoms with Crippen molar-refractivity contribution in [3.8, 4) is 0 Å². The molecule has 3 rings (SSSR count). The fraction of sp³-hybridized carbons (Fsp3) is 0.130. The summed E-state index contributed by atoms with van der Waals surface area (Å²) in [4.78, 5) is 25.4. The third-order valence-electron chi connectivity index (χ3n) is 4.47. The van der Waals surface area contributed by atoms with E-state index < -0.39 is 6.04 Å². The smallest absolute Gasteiger partial charge is 0.253 e. The quantitative estimate of drug-likeness (QED) is 0.522. The molecule has 0 spiro atoms. The lowest BCUT2D eigenvalue weighted by atomic mass is 10.0. The number of carbonyl (C=O) groups is 2. The zero-order valence-electron chi connectivity index (χ0n) is 15.8. The van der Waals surface area contributed by atoms with Gasteiger partial charge in [0.25, 0.3) is 5.91 Å². The summed E-state index contributed by atoms with van der Waals surface area (Å²) in [5, 5.41) is 6.69. The molecular weight excluding hydrogens is 407 g/mol. The zero-order valence-corrected chi connectivity index (χ0v) is 17.3. The van der Waals surface area contributed by atoms with Crippen LogP contribution >= 0.6 is 23.2 Å². The number of benzene rings is 3. The largest absolute Gasteiger partial charge is 0.345 e. The van der Waals surface area contributed by atoms with Crippen LogP contribution in [-0.2, 0) is 4.79 Å². The fourth-order valence-electron chi connectivity index (χ4n) is 2.89. The highest BCUT2D eigenvalue weighted by atomic mass is 35.5. The van der Waals surface area contributed by atoms with Crippen molar-refractivity contribution in [3.63, 3.8) is 0 Å². The number of halogens is 2. The molecule has 0 radical (unpaired) electrons. The molecule has 6 heteroatoms. The number of rotatable bonds is 6. The number of anilines is 1. The molecule has 0 bridgehead atoms. The highest BCUT2D eigenvalue weighted by Gasteiger charge is 2.20. The molecule has 2 amide bonds. The Morgan fingerprint density at radius 1 is 0.897 bits per heavy atom. The summed E-state index contributed by atoms with van der Waals surface area (Å²) in [6, 6.07) is 21.0. The molecule has 0 aliphatic rings. The topological polar surface area (TPSA) is 58.2 Å². The molecule has 0 saturated carbocycles. The predicted molar refractivity (Wildman–Crippen MR) is 118 cm³/mol. The maximum Gasteiger partial charge on any atom is 0.253 e. The Balaban J connectivity index is 1.77. The van der Waals surface area contributed by atoms with E-state index in [0.717, 1.165) is 11.1 Å². The van der Waals surface area contributed by atoms with Gasteiger partial charge in [-0.1, -0.05) is 71.7 Å². The van der Waals surface area contributed by atoms with Gasteiger partial charge < -0.3 is 10.6 Å². The molecule has 1 atom stereocenters. The van der Waals surface area contributed by atoms with Crippen molar-refractivity contribution in [2.75, 3.05) is 5.32 Å². The van der Waals surface area contributed by atoms with Gasteiger partial charge in [-0.25, -0.2) is 0 Å². The minimum Gasteiger partial charge on any atom is -0.345 e. The van der Waals surface area contributed by atoms with E-state index in [1.54, 1.807) is 36.4 Å². The number of carbonyl (C=O) groups excluding carboxylic acids is 2. The highest BCUT2D eigenvalue weighted by molar-refractivity contribution is 6.33. The summed E-state index contributed by atoms with van der Waals surface area (Å²) >= 11 is 12.3. The standard InChI is InChI=1S/C23H20Cl2N2O2/c1-15-11-12-17(13-20(15)25)26-22(28)14-21(16-7-3-2-4-8-16)27-23(29)18-9-5-6-10-19(18)24/h2-13,21H,14H2,1H3,(H,26,28)(H,27,29)/t21-/m0/s1. The predicted octanol–water partition coefficient (Wildman–Crippen LogP) is 5.80. The molecule has 0 unspecified atom stereocenters. The second-order valence-corrected chi connectivity index (χ2v) is 7.45. The van der Waals surface area contributed by atoms with Gasteiger partial charge in [0.2, 0.25) is 5.91 Å². The molecule has 2 N–H and O–H groups in total. The van der Waals surface area contributed by atoms with E-state index in [1.165, 1.54) is 0 Å². The van der Waals surface area contributed by atoms with E-state index in [2.05, 4.69) is 10.6 Å². The molecule has 0 saturated heterocycles. The highest BCUT2D eigenvalue weighted by Crippen LogP contribution is 2.23. The molecule has 3 aromatic carbocycles. The Labute approximate surface area is 179 Å². The van der Waals surface area contributed by atoms with E-state index in [9.17, 15) is 9.59 Å². The van der Waals surface area contributed by atoms with E-state index in [4.69, 9.17) is 23.2 Å². The summed E-state index contributed by atoms with van der Waals surface area (Å²) in [6.45, 7) is 1.89. The molecule has 0 fully saturated rings. The van der Waals surface area contributed by atoms with Crippen molar-refractivity contribution in [1.82, 2.24) is 5.32 Å². The lowest BCUT2D eigenvalue weighted by Crippen LogP contribution is -2.31. The van der Waals surface area contributed by atoms with Crippen LogP contribution in [0.2, 0.25) is 10.0 Å². The second kappa shape index (κ2) is 9.59. The number of aryl methyl sites for hydroxylation is 1. The van der Waals surface area contributed by atoms with Crippen molar-refractivity contribution in [2.24, 2.45) is 0 Å². The average molecular weight is 427 g/mol. The van der Waals surface area contributed by atoms with Crippen LogP contribution in [0.3, 0.4) is 0 Å². The first-order valence-electron chi connectivity index (χ1n) is 9.10. The summed E-state index contributed by atoms with van der Waals surface area (Å²) in [5.74, 6) is -0.575. The van der Waals surface area contributed by atoms with Crippen LogP contribution in [-0.4, -0.2) is 11.8 Å². The molecule has 0 aromatic heterocycles. The third kappa shape index (κ3) is 5.59. The molecule has 29 heavy (non-hydrogen) atoms. The fourth-order valence-corrected chi connectivity index (χ4v) is 3.29. The van der Waals surface area contributed by atoms with Crippen molar-refractivity contribution >= 4 is 40.7 Å². The summed E-state index contributed by atoms with van der Waals surface area (Å²) in [7, 11) is 0. The van der Waals surface area contributed by atoms with E-state index in [-0.39, 0.29) is 18.2 Å². The Hall–Kier alpha value is -2.82. The van der Waals surface area contributed by atoms with E-state index in [0.29, 0.717) is 21.3 Å². The van der Waals surface area contributed by atoms with Gasteiger partial charge >= 0.3 is 0 Å². The Morgan fingerprint density at radius 3 is 2.28 bits per heavy atom. The maximum atomic E-state index is 12.7. The molecule has 0 heterocycles. The van der Waals surface area contributed by atoms with Crippen molar-refractivity contribution in [2.45, 2.75) is 19.4 Å². The van der Waals surface area contributed by atoms with Crippen LogP contribution in [0.5, 0.6) is 0 Å². The molecule has 4 nitrogen and oxygen atoms in total. The number of amides is 2. The van der Waals surface area contributed by atoms with Gasteiger partial charge in [-0.15, -0.1) is 0 Å². The van der Waals surface area contributed by atoms with Gasteiger partial charge in [0, 0.05) is 10.7 Å². The third-order valence-corrected chi connectivity index (χ3v) is 5.21. The van der Waals surface area contributed by atoms with Gasteiger partial charge in [0.15, 0.2) is 0 Å². The Bertz CT molecular complexity index is 1020. The van der Waals surface area contributed by atoms with Crippen molar-refractivity contribution < 1.29 is 9.59 Å². The van der Waals surface area contributed by atoms with E-state index in [1.807, 2.05) is 43.3 Å². The monoisotopic (exact) mass is 426 g/mol. The summed E-state index contributed by atoms with van der Waals surface area (Å²) < 4.78 is 0. The second-order valence-electron chi connectivity index (χ2n) is 6.63. The molecule has 3 aromatic rings. The van der Waals surface area contributed by atoms with Gasteiger partial charge in [0.05, 0.1) is 23.0 Å². The van der Waals surface area contributed by atoms with Crippen LogP contribution in [0.4, 0.5) is 5.69 Å². The van der Waals surface area contributed by atoms with Gasteiger partial charge in [-0.2, -0.15) is 0 Å². The Kier molecular flexibility index (Phi) is 6.91. The van der Waals surface area contributed by atoms with E-state index >= 15 is 0 Å². The van der Waals surface area contributed by atoms with Crippen LogP contribution in [0.15, 0.2) is 72.8 Å². The maximum absolute atomic E-state index is 12.7. The zero-order chi connectivity index (χ0) is 20.8. The number of nitrogens with one attached hydrogen (secondary N) is 2. The number of hydrogen-bond donors (Lipinski definition) is 2. The normalized spacial score (nSPS) is 11.6. The first-order chi connectivity index (χ1) is 13.9.